The van der Waals surface area contributed by atoms with E-state index >= 15 is 0 Å². The molecule has 0 saturated heterocycles. The second kappa shape index (κ2) is 8.72. The van der Waals surface area contributed by atoms with E-state index in [1.54, 1.807) is 0 Å². The summed E-state index contributed by atoms with van der Waals surface area (Å²) >= 11 is 0. The summed E-state index contributed by atoms with van der Waals surface area (Å²) < 4.78 is 38.3. The van der Waals surface area contributed by atoms with Crippen LogP contribution in [-0.4, -0.2) is 34.1 Å². The molecule has 0 aliphatic rings. The normalized spacial score (nSPS) is 11.2. The highest BCUT2D eigenvalue weighted by molar-refractivity contribution is 7.89. The predicted molar refractivity (Wildman–Crippen MR) is 94.9 cm³/mol. The zero-order chi connectivity index (χ0) is 19.2. The molecule has 142 valence electrons. The van der Waals surface area contributed by atoms with Gasteiger partial charge in [-0.2, -0.15) is 0 Å². The fraction of sp³-hybridized carbons (Fsp3) is 0.353. The minimum atomic E-state index is -3.97. The van der Waals surface area contributed by atoms with Gasteiger partial charge in [0.2, 0.25) is 5.09 Å². The van der Waals surface area contributed by atoms with E-state index in [0.717, 1.165) is 11.6 Å². The summed E-state index contributed by atoms with van der Waals surface area (Å²) in [4.78, 5) is 12.0. The lowest BCUT2D eigenvalue weighted by atomic mass is 10.1. The van der Waals surface area contributed by atoms with E-state index in [0.29, 0.717) is 37.7 Å². The predicted octanol–water partition coefficient (Wildman–Crippen LogP) is 1.70. The van der Waals surface area contributed by atoms with E-state index in [-0.39, 0.29) is 5.76 Å². The van der Waals surface area contributed by atoms with Crippen LogP contribution in [0.1, 0.15) is 30.0 Å². The van der Waals surface area contributed by atoms with Gasteiger partial charge in [0.1, 0.15) is 0 Å². The Hall–Kier alpha value is -2.52. The topological polar surface area (TPSA) is 121 Å². The number of primary sulfonamides is 1. The first-order chi connectivity index (χ1) is 12.3. The van der Waals surface area contributed by atoms with Gasteiger partial charge in [-0.15, -0.1) is 0 Å². The Balaban J connectivity index is 1.95. The molecule has 0 unspecified atom stereocenters. The molecule has 1 amide bonds. The molecule has 3 N–H and O–H groups in total. The summed E-state index contributed by atoms with van der Waals surface area (Å²) in [5.74, 6) is 0.696. The van der Waals surface area contributed by atoms with Crippen molar-refractivity contribution in [1.29, 1.82) is 0 Å². The third-order valence-electron chi connectivity index (χ3n) is 3.39. The number of ether oxygens (including phenoxy) is 2. The Morgan fingerprint density at radius 1 is 1.12 bits per heavy atom. The third kappa shape index (κ3) is 5.24. The molecule has 0 fully saturated rings. The Labute approximate surface area is 152 Å². The minimum Gasteiger partial charge on any atom is -0.490 e. The van der Waals surface area contributed by atoms with Gasteiger partial charge >= 0.3 is 0 Å². The second-order valence-corrected chi connectivity index (χ2v) is 6.81. The maximum Gasteiger partial charge on any atom is 0.287 e. The standard InChI is InChI=1S/C17H22N2O6S/c1-3-23-13-6-5-12(11-15(13)24-4-2)9-10-19-17(20)14-7-8-16(25-14)26(18,21)22/h5-8,11H,3-4,9-10H2,1-2H3,(H,19,20)(H2,18,21,22). The lowest BCUT2D eigenvalue weighted by Crippen LogP contribution is -2.25. The summed E-state index contributed by atoms with van der Waals surface area (Å²) in [5.41, 5.74) is 0.960. The van der Waals surface area contributed by atoms with E-state index in [4.69, 9.17) is 19.0 Å². The summed E-state index contributed by atoms with van der Waals surface area (Å²) in [6.45, 7) is 5.19. The second-order valence-electron chi connectivity index (χ2n) is 5.32. The van der Waals surface area contributed by atoms with Gasteiger partial charge in [0.15, 0.2) is 17.3 Å². The molecule has 1 aromatic carbocycles. The van der Waals surface area contributed by atoms with Crippen LogP contribution in [0.25, 0.3) is 0 Å². The van der Waals surface area contributed by atoms with E-state index in [1.165, 1.54) is 6.07 Å². The van der Waals surface area contributed by atoms with Gasteiger partial charge in [0.05, 0.1) is 13.2 Å². The molecule has 0 bridgehead atoms. The molecule has 9 heteroatoms. The highest BCUT2D eigenvalue weighted by Gasteiger charge is 2.17. The number of hydrogen-bond acceptors (Lipinski definition) is 6. The fourth-order valence-corrected chi connectivity index (χ4v) is 2.72. The SMILES string of the molecule is CCOc1ccc(CCNC(=O)c2ccc(S(N)(=O)=O)o2)cc1OCC. The highest BCUT2D eigenvalue weighted by Crippen LogP contribution is 2.28. The van der Waals surface area contributed by atoms with Crippen LogP contribution in [0.15, 0.2) is 39.8 Å². The van der Waals surface area contributed by atoms with Crippen molar-refractivity contribution in [1.82, 2.24) is 5.32 Å². The first kappa shape index (κ1) is 19.8. The number of rotatable bonds is 9. The molecule has 1 heterocycles. The smallest absolute Gasteiger partial charge is 0.287 e. The van der Waals surface area contributed by atoms with Crippen LogP contribution >= 0.6 is 0 Å². The lowest BCUT2D eigenvalue weighted by molar-refractivity contribution is 0.0921. The number of carbonyl (C=O) groups is 1. The number of benzene rings is 1. The van der Waals surface area contributed by atoms with E-state index < -0.39 is 21.0 Å². The summed E-state index contributed by atoms with van der Waals surface area (Å²) in [5, 5.41) is 7.16. The van der Waals surface area contributed by atoms with Gasteiger partial charge in [0.25, 0.3) is 15.9 Å². The molecule has 0 spiro atoms. The quantitative estimate of drug-likeness (QED) is 0.681. The molecule has 1 aromatic heterocycles. The molecular weight excluding hydrogens is 360 g/mol. The number of nitrogens with two attached hydrogens (primary N) is 1. The largest absolute Gasteiger partial charge is 0.490 e. The lowest BCUT2D eigenvalue weighted by Gasteiger charge is -2.12. The van der Waals surface area contributed by atoms with Crippen LogP contribution < -0.4 is 19.9 Å². The molecule has 2 aromatic rings. The summed E-state index contributed by atoms with van der Waals surface area (Å²) in [6, 6.07) is 8.00. The minimum absolute atomic E-state index is 0.115. The third-order valence-corrected chi connectivity index (χ3v) is 4.17. The van der Waals surface area contributed by atoms with Crippen LogP contribution in [0, 0.1) is 0 Å². The summed E-state index contributed by atoms with van der Waals surface area (Å²) in [7, 11) is -3.97. The molecule has 2 rings (SSSR count). The maximum absolute atomic E-state index is 12.0. The van der Waals surface area contributed by atoms with Gasteiger partial charge < -0.3 is 19.2 Å². The van der Waals surface area contributed by atoms with Crippen molar-refractivity contribution in [3.05, 3.63) is 41.7 Å². The van der Waals surface area contributed by atoms with Gasteiger partial charge in [-0.05, 0) is 50.1 Å². The average molecular weight is 382 g/mol. The average Bonchev–Trinajstić information content (AvgIpc) is 3.08. The molecule has 0 aliphatic heterocycles. The van der Waals surface area contributed by atoms with Gasteiger partial charge in [-0.25, -0.2) is 13.6 Å². The highest BCUT2D eigenvalue weighted by atomic mass is 32.2. The van der Waals surface area contributed by atoms with Gasteiger partial charge in [-0.1, -0.05) is 6.07 Å². The molecule has 0 atom stereocenters. The zero-order valence-corrected chi connectivity index (χ0v) is 15.5. The molecular formula is C17H22N2O6S. The molecule has 0 saturated carbocycles. The van der Waals surface area contributed by atoms with Crippen molar-refractivity contribution in [2.75, 3.05) is 19.8 Å². The van der Waals surface area contributed by atoms with Crippen molar-refractivity contribution in [2.24, 2.45) is 5.14 Å². The van der Waals surface area contributed by atoms with Crippen molar-refractivity contribution >= 4 is 15.9 Å². The van der Waals surface area contributed by atoms with E-state index in [2.05, 4.69) is 5.32 Å². The Morgan fingerprint density at radius 3 is 2.42 bits per heavy atom. The van der Waals surface area contributed by atoms with E-state index in [1.807, 2.05) is 32.0 Å². The first-order valence-corrected chi connectivity index (χ1v) is 9.69. The van der Waals surface area contributed by atoms with Crippen molar-refractivity contribution < 1.29 is 27.1 Å². The van der Waals surface area contributed by atoms with Crippen LogP contribution in [0.5, 0.6) is 11.5 Å². The van der Waals surface area contributed by atoms with Crippen LogP contribution in [0.4, 0.5) is 0 Å². The number of furan rings is 1. The maximum atomic E-state index is 12.0. The Morgan fingerprint density at radius 2 is 1.81 bits per heavy atom. The van der Waals surface area contributed by atoms with Gasteiger partial charge in [-0.3, -0.25) is 4.79 Å². The van der Waals surface area contributed by atoms with Crippen molar-refractivity contribution in [3.63, 3.8) is 0 Å². The Bertz CT molecular complexity index is 860. The monoisotopic (exact) mass is 382 g/mol. The number of amides is 1. The molecule has 0 radical (unpaired) electrons. The van der Waals surface area contributed by atoms with E-state index in [9.17, 15) is 13.2 Å². The molecule has 8 nitrogen and oxygen atoms in total. The first-order valence-electron chi connectivity index (χ1n) is 8.14. The summed E-state index contributed by atoms with van der Waals surface area (Å²) in [6.07, 6.45) is 0.557. The fourth-order valence-electron chi connectivity index (χ4n) is 2.25. The number of carbonyl (C=O) groups excluding carboxylic acids is 1. The van der Waals surface area contributed by atoms with Gasteiger partial charge in [0, 0.05) is 6.54 Å². The van der Waals surface area contributed by atoms with Crippen LogP contribution in [0.3, 0.4) is 0 Å². The van der Waals surface area contributed by atoms with Crippen LogP contribution in [0.2, 0.25) is 0 Å². The number of nitrogens with one attached hydrogen (secondary N) is 1. The van der Waals surface area contributed by atoms with Crippen LogP contribution in [-0.2, 0) is 16.4 Å². The number of sulfonamides is 1. The molecule has 0 aliphatic carbocycles. The molecule has 26 heavy (non-hydrogen) atoms. The number of hydrogen-bond donors (Lipinski definition) is 2. The Kier molecular flexibility index (Phi) is 6.64. The van der Waals surface area contributed by atoms with Crippen molar-refractivity contribution in [2.45, 2.75) is 25.4 Å². The van der Waals surface area contributed by atoms with Crippen molar-refractivity contribution in [3.8, 4) is 11.5 Å². The zero-order valence-electron chi connectivity index (χ0n) is 14.7.